The summed E-state index contributed by atoms with van der Waals surface area (Å²) >= 11 is 0. The monoisotopic (exact) mass is 305 g/mol. The molecule has 0 aliphatic rings. The molecule has 1 N–H and O–H groups in total. The summed E-state index contributed by atoms with van der Waals surface area (Å²) in [5.74, 6) is -1.10. The van der Waals surface area contributed by atoms with Crippen molar-refractivity contribution < 1.29 is 14.7 Å². The molecule has 0 radical (unpaired) electrons. The summed E-state index contributed by atoms with van der Waals surface area (Å²) in [6.07, 6.45) is 0.411. The molecular formula is C15H19N3O4. The van der Waals surface area contributed by atoms with Gasteiger partial charge < -0.3 is 10.0 Å². The molecule has 0 saturated carbocycles. The van der Waals surface area contributed by atoms with Crippen LogP contribution in [0, 0.1) is 0 Å². The average Bonchev–Trinajstić information content (AvgIpc) is 2.72. The van der Waals surface area contributed by atoms with Crippen LogP contribution in [0.2, 0.25) is 0 Å². The lowest BCUT2D eigenvalue weighted by Crippen LogP contribution is -2.34. The van der Waals surface area contributed by atoms with Crippen molar-refractivity contribution in [1.29, 1.82) is 0 Å². The van der Waals surface area contributed by atoms with Gasteiger partial charge in [0, 0.05) is 27.1 Å². The lowest BCUT2D eigenvalue weighted by atomic mass is 10.3. The van der Waals surface area contributed by atoms with Crippen LogP contribution < -0.4 is 5.69 Å². The van der Waals surface area contributed by atoms with Gasteiger partial charge in [0.2, 0.25) is 5.91 Å². The number of aryl methyl sites for hydroxylation is 1. The van der Waals surface area contributed by atoms with Gasteiger partial charge in [-0.05, 0) is 18.6 Å². The molecule has 2 aromatic rings. The topological polar surface area (TPSA) is 84.5 Å². The van der Waals surface area contributed by atoms with E-state index in [2.05, 4.69) is 0 Å². The largest absolute Gasteiger partial charge is 0.481 e. The number of rotatable bonds is 6. The molecule has 0 fully saturated rings. The highest BCUT2D eigenvalue weighted by atomic mass is 16.4. The van der Waals surface area contributed by atoms with Crippen LogP contribution >= 0.6 is 0 Å². The molecule has 0 unspecified atom stereocenters. The third-order valence-corrected chi connectivity index (χ3v) is 3.66. The van der Waals surface area contributed by atoms with Crippen molar-refractivity contribution in [1.82, 2.24) is 14.0 Å². The molecule has 0 aliphatic heterocycles. The Morgan fingerprint density at radius 2 is 1.86 bits per heavy atom. The highest BCUT2D eigenvalue weighted by Gasteiger charge is 2.15. The lowest BCUT2D eigenvalue weighted by molar-refractivity contribution is -0.138. The van der Waals surface area contributed by atoms with E-state index in [1.165, 1.54) is 14.0 Å². The maximum Gasteiger partial charge on any atom is 0.329 e. The van der Waals surface area contributed by atoms with Crippen LogP contribution in [0.15, 0.2) is 29.1 Å². The van der Waals surface area contributed by atoms with Crippen molar-refractivity contribution in [2.75, 3.05) is 13.6 Å². The van der Waals surface area contributed by atoms with E-state index in [1.807, 2.05) is 18.2 Å². The maximum atomic E-state index is 12.2. The van der Waals surface area contributed by atoms with E-state index in [-0.39, 0.29) is 24.6 Å². The number of aliphatic carboxylic acids is 1. The third kappa shape index (κ3) is 3.19. The molecule has 22 heavy (non-hydrogen) atoms. The molecule has 1 heterocycles. The van der Waals surface area contributed by atoms with Crippen molar-refractivity contribution in [3.05, 3.63) is 34.7 Å². The minimum absolute atomic E-state index is 0.0197. The van der Waals surface area contributed by atoms with Crippen LogP contribution in [0.25, 0.3) is 11.0 Å². The standard InChI is InChI=1S/C15H19N3O4/c1-16(9-5-8-14(20)21)13(19)10-18-12-7-4-3-6-11(12)17(2)15(18)22/h3-4,6-7H,5,8-10H2,1-2H3,(H,20,21). The Kier molecular flexibility index (Phi) is 4.65. The summed E-state index contributed by atoms with van der Waals surface area (Å²) in [5, 5.41) is 8.61. The second kappa shape index (κ2) is 6.46. The second-order valence-electron chi connectivity index (χ2n) is 5.23. The van der Waals surface area contributed by atoms with Gasteiger partial charge in [-0.3, -0.25) is 18.7 Å². The predicted molar refractivity (Wildman–Crippen MR) is 81.7 cm³/mol. The predicted octanol–water partition coefficient (Wildman–Crippen LogP) is 0.663. The van der Waals surface area contributed by atoms with Crippen molar-refractivity contribution in [3.8, 4) is 0 Å². The smallest absolute Gasteiger partial charge is 0.329 e. The van der Waals surface area contributed by atoms with E-state index in [1.54, 1.807) is 20.2 Å². The molecule has 0 aliphatic carbocycles. The second-order valence-corrected chi connectivity index (χ2v) is 5.23. The third-order valence-electron chi connectivity index (χ3n) is 3.66. The van der Waals surface area contributed by atoms with Crippen LogP contribution in [0.4, 0.5) is 0 Å². The zero-order valence-corrected chi connectivity index (χ0v) is 12.7. The number of carbonyl (C=O) groups excluding carboxylic acids is 1. The number of fused-ring (bicyclic) bond motifs is 1. The maximum absolute atomic E-state index is 12.2. The first kappa shape index (κ1) is 15.8. The van der Waals surface area contributed by atoms with Crippen molar-refractivity contribution in [3.63, 3.8) is 0 Å². The lowest BCUT2D eigenvalue weighted by Gasteiger charge is -2.16. The van der Waals surface area contributed by atoms with Gasteiger partial charge >= 0.3 is 11.7 Å². The summed E-state index contributed by atoms with van der Waals surface area (Å²) in [7, 11) is 3.28. The fraction of sp³-hybridized carbons (Fsp3) is 0.400. The van der Waals surface area contributed by atoms with E-state index in [9.17, 15) is 14.4 Å². The number of para-hydroxylation sites is 2. The van der Waals surface area contributed by atoms with Crippen LogP contribution in [0.5, 0.6) is 0 Å². The first-order valence-corrected chi connectivity index (χ1v) is 7.02. The molecule has 118 valence electrons. The Morgan fingerprint density at radius 3 is 2.50 bits per heavy atom. The molecule has 0 spiro atoms. The molecule has 0 atom stereocenters. The average molecular weight is 305 g/mol. The van der Waals surface area contributed by atoms with Crippen LogP contribution in [0.3, 0.4) is 0 Å². The zero-order valence-electron chi connectivity index (χ0n) is 12.7. The van der Waals surface area contributed by atoms with Gasteiger partial charge in [-0.25, -0.2) is 4.79 Å². The molecule has 0 bridgehead atoms. The summed E-state index contributed by atoms with van der Waals surface area (Å²) in [6.45, 7) is 0.300. The first-order valence-electron chi connectivity index (χ1n) is 7.02. The normalized spacial score (nSPS) is 10.8. The number of hydrogen-bond acceptors (Lipinski definition) is 3. The zero-order chi connectivity index (χ0) is 16.3. The summed E-state index contributed by atoms with van der Waals surface area (Å²) in [5.41, 5.74) is 1.24. The number of carboxylic acid groups (broad SMARTS) is 1. The molecule has 1 amide bonds. The van der Waals surface area contributed by atoms with E-state index >= 15 is 0 Å². The Morgan fingerprint density at radius 1 is 1.23 bits per heavy atom. The highest BCUT2D eigenvalue weighted by molar-refractivity contribution is 5.80. The minimum Gasteiger partial charge on any atom is -0.481 e. The number of nitrogens with zero attached hydrogens (tertiary/aromatic N) is 3. The molecule has 0 saturated heterocycles. The number of hydrogen-bond donors (Lipinski definition) is 1. The van der Waals surface area contributed by atoms with Crippen LogP contribution in [0.1, 0.15) is 12.8 Å². The number of amides is 1. The van der Waals surface area contributed by atoms with Gasteiger partial charge in [0.25, 0.3) is 0 Å². The van der Waals surface area contributed by atoms with Crippen molar-refractivity contribution in [2.45, 2.75) is 19.4 Å². The van der Waals surface area contributed by atoms with Gasteiger partial charge in [-0.1, -0.05) is 12.1 Å². The van der Waals surface area contributed by atoms with Gasteiger partial charge in [0.05, 0.1) is 11.0 Å². The number of benzene rings is 1. The summed E-state index contributed by atoms with van der Waals surface area (Å²) < 4.78 is 2.94. The number of likely N-dealkylation sites (N-methyl/N-ethyl adjacent to an activating group) is 1. The van der Waals surface area contributed by atoms with Gasteiger partial charge in [-0.2, -0.15) is 0 Å². The molecule has 2 rings (SSSR count). The molecule has 1 aromatic heterocycles. The molecule has 7 heteroatoms. The summed E-state index contributed by atoms with van der Waals surface area (Å²) in [4.78, 5) is 36.4. The van der Waals surface area contributed by atoms with Gasteiger partial charge in [0.15, 0.2) is 0 Å². The van der Waals surface area contributed by atoms with Gasteiger partial charge in [0.1, 0.15) is 6.54 Å². The Balaban J connectivity index is 2.14. The quantitative estimate of drug-likeness (QED) is 0.850. The first-order chi connectivity index (χ1) is 10.4. The fourth-order valence-corrected chi connectivity index (χ4v) is 2.36. The van der Waals surface area contributed by atoms with Crippen LogP contribution in [-0.2, 0) is 23.2 Å². The molecule has 7 nitrogen and oxygen atoms in total. The number of carboxylic acids is 1. The van der Waals surface area contributed by atoms with E-state index in [0.717, 1.165) is 5.52 Å². The van der Waals surface area contributed by atoms with E-state index in [4.69, 9.17) is 5.11 Å². The number of imidazole rings is 1. The Bertz CT molecular complexity index is 760. The summed E-state index contributed by atoms with van der Waals surface area (Å²) in [6, 6.07) is 7.29. The van der Waals surface area contributed by atoms with E-state index in [0.29, 0.717) is 18.5 Å². The van der Waals surface area contributed by atoms with Crippen molar-refractivity contribution in [2.24, 2.45) is 7.05 Å². The van der Waals surface area contributed by atoms with Gasteiger partial charge in [-0.15, -0.1) is 0 Å². The Labute approximate surface area is 127 Å². The Hall–Kier alpha value is -2.57. The SMILES string of the molecule is CN(CCCC(=O)O)C(=O)Cn1c(=O)n(C)c2ccccc21. The molecule has 1 aromatic carbocycles. The van der Waals surface area contributed by atoms with Crippen molar-refractivity contribution >= 4 is 22.9 Å². The van der Waals surface area contributed by atoms with Crippen LogP contribution in [-0.4, -0.2) is 44.6 Å². The number of carbonyl (C=O) groups is 2. The highest BCUT2D eigenvalue weighted by Crippen LogP contribution is 2.11. The van der Waals surface area contributed by atoms with E-state index < -0.39 is 5.97 Å². The number of aromatic nitrogens is 2. The fourth-order valence-electron chi connectivity index (χ4n) is 2.36. The minimum atomic E-state index is -0.883. The molecular weight excluding hydrogens is 286 g/mol.